The van der Waals surface area contributed by atoms with Crippen LogP contribution in [-0.2, 0) is 0 Å². The van der Waals surface area contributed by atoms with Crippen LogP contribution >= 0.6 is 0 Å². The van der Waals surface area contributed by atoms with Gasteiger partial charge in [0.05, 0.1) is 0 Å². The van der Waals surface area contributed by atoms with Crippen molar-refractivity contribution < 1.29 is 0 Å². The molecule has 0 aromatic carbocycles. The maximum Gasteiger partial charge on any atom is 0.151 e. The first kappa shape index (κ1) is 10.8. The van der Waals surface area contributed by atoms with Crippen LogP contribution in [0.2, 0.25) is 0 Å². The van der Waals surface area contributed by atoms with Crippen LogP contribution in [0, 0.1) is 0 Å². The van der Waals surface area contributed by atoms with Gasteiger partial charge in [-0.3, -0.25) is 4.90 Å². The van der Waals surface area contributed by atoms with Crippen LogP contribution in [0.25, 0.3) is 0 Å². The molecule has 3 heterocycles. The van der Waals surface area contributed by atoms with Gasteiger partial charge in [-0.2, -0.15) is 0 Å². The van der Waals surface area contributed by atoms with E-state index in [1.807, 2.05) is 12.1 Å². The number of rotatable bonds is 2. The molecule has 0 amide bonds. The van der Waals surface area contributed by atoms with Gasteiger partial charge in [-0.05, 0) is 44.5 Å². The molecular weight excluding hydrogens is 214 g/mol. The molecule has 0 radical (unpaired) electrons. The van der Waals surface area contributed by atoms with E-state index < -0.39 is 0 Å². The third-order valence-electron chi connectivity index (χ3n) is 3.82. The van der Waals surface area contributed by atoms with E-state index in [9.17, 15) is 0 Å². The highest BCUT2D eigenvalue weighted by molar-refractivity contribution is 5.42. The summed E-state index contributed by atoms with van der Waals surface area (Å²) in [6, 6.07) is 4.50. The van der Waals surface area contributed by atoms with E-state index in [0.717, 1.165) is 18.9 Å². The van der Waals surface area contributed by atoms with Gasteiger partial charge in [0.2, 0.25) is 0 Å². The van der Waals surface area contributed by atoms with E-state index in [-0.39, 0.29) is 0 Å². The SMILES string of the molecule is Nc1ccc(N2CCC(N3CCCC3)C2)nn1. The van der Waals surface area contributed by atoms with Gasteiger partial charge < -0.3 is 10.6 Å². The number of anilines is 2. The van der Waals surface area contributed by atoms with Gasteiger partial charge >= 0.3 is 0 Å². The lowest BCUT2D eigenvalue weighted by molar-refractivity contribution is 0.260. The summed E-state index contributed by atoms with van der Waals surface area (Å²) in [6.45, 7) is 4.70. The standard InChI is InChI=1S/C12H19N5/c13-11-3-4-12(15-14-11)17-8-5-10(9-17)16-6-1-2-7-16/h3-4,10H,1-2,5-9H2,(H2,13,14). The molecule has 5 heteroatoms. The van der Waals surface area contributed by atoms with Crippen LogP contribution < -0.4 is 10.6 Å². The van der Waals surface area contributed by atoms with Crippen LogP contribution in [-0.4, -0.2) is 47.3 Å². The van der Waals surface area contributed by atoms with E-state index in [0.29, 0.717) is 11.9 Å². The zero-order valence-electron chi connectivity index (χ0n) is 10.0. The predicted octanol–water partition coefficient (Wildman–Crippen LogP) is 0.733. The van der Waals surface area contributed by atoms with Crippen molar-refractivity contribution in [2.24, 2.45) is 0 Å². The minimum atomic E-state index is 0.490. The van der Waals surface area contributed by atoms with Crippen molar-refractivity contribution in [2.45, 2.75) is 25.3 Å². The number of aromatic nitrogens is 2. The van der Waals surface area contributed by atoms with Crippen molar-refractivity contribution in [3.63, 3.8) is 0 Å². The smallest absolute Gasteiger partial charge is 0.151 e. The quantitative estimate of drug-likeness (QED) is 0.816. The fourth-order valence-electron chi connectivity index (χ4n) is 2.86. The van der Waals surface area contributed by atoms with E-state index in [2.05, 4.69) is 20.0 Å². The van der Waals surface area contributed by atoms with Gasteiger partial charge in [0.25, 0.3) is 0 Å². The monoisotopic (exact) mass is 233 g/mol. The summed E-state index contributed by atoms with van der Waals surface area (Å²) in [7, 11) is 0. The van der Waals surface area contributed by atoms with Crippen molar-refractivity contribution in [1.29, 1.82) is 0 Å². The van der Waals surface area contributed by atoms with Gasteiger partial charge in [0.15, 0.2) is 5.82 Å². The second-order valence-electron chi connectivity index (χ2n) is 4.95. The Labute approximate surface area is 102 Å². The van der Waals surface area contributed by atoms with Crippen LogP contribution in [0.5, 0.6) is 0 Å². The third-order valence-corrected chi connectivity index (χ3v) is 3.82. The van der Waals surface area contributed by atoms with Gasteiger partial charge in [-0.1, -0.05) is 0 Å². The normalized spacial score (nSPS) is 25.6. The van der Waals surface area contributed by atoms with Crippen LogP contribution in [0.4, 0.5) is 11.6 Å². The van der Waals surface area contributed by atoms with Crippen LogP contribution in [0.15, 0.2) is 12.1 Å². The molecule has 1 aromatic heterocycles. The van der Waals surface area contributed by atoms with Crippen molar-refractivity contribution in [3.8, 4) is 0 Å². The Morgan fingerprint density at radius 3 is 2.65 bits per heavy atom. The summed E-state index contributed by atoms with van der Waals surface area (Å²) in [5.74, 6) is 1.45. The fraction of sp³-hybridized carbons (Fsp3) is 0.667. The fourth-order valence-corrected chi connectivity index (χ4v) is 2.86. The molecule has 1 atom stereocenters. The maximum atomic E-state index is 5.55. The maximum absolute atomic E-state index is 5.55. The Balaban J connectivity index is 1.65. The minimum absolute atomic E-state index is 0.490. The highest BCUT2D eigenvalue weighted by Gasteiger charge is 2.29. The lowest BCUT2D eigenvalue weighted by Gasteiger charge is -2.23. The molecule has 92 valence electrons. The highest BCUT2D eigenvalue weighted by Crippen LogP contribution is 2.23. The predicted molar refractivity (Wildman–Crippen MR) is 67.9 cm³/mol. The van der Waals surface area contributed by atoms with E-state index in [1.54, 1.807) is 0 Å². The number of nitrogens with two attached hydrogens (primary N) is 1. The average Bonchev–Trinajstić information content (AvgIpc) is 3.00. The number of nitrogen functional groups attached to an aromatic ring is 1. The zero-order valence-corrected chi connectivity index (χ0v) is 10.0. The Morgan fingerprint density at radius 1 is 1.12 bits per heavy atom. The molecule has 2 fully saturated rings. The molecule has 5 nitrogen and oxygen atoms in total. The summed E-state index contributed by atoms with van der Waals surface area (Å²) in [6.07, 6.45) is 3.96. The first-order valence-electron chi connectivity index (χ1n) is 6.41. The van der Waals surface area contributed by atoms with Crippen LogP contribution in [0.1, 0.15) is 19.3 Å². The van der Waals surface area contributed by atoms with Crippen molar-refractivity contribution in [3.05, 3.63) is 12.1 Å². The minimum Gasteiger partial charge on any atom is -0.382 e. The Kier molecular flexibility index (Phi) is 2.84. The van der Waals surface area contributed by atoms with E-state index in [1.165, 1.54) is 32.4 Å². The summed E-state index contributed by atoms with van der Waals surface area (Å²) in [5, 5.41) is 8.07. The van der Waals surface area contributed by atoms with Crippen molar-refractivity contribution >= 4 is 11.6 Å². The molecule has 1 unspecified atom stereocenters. The first-order chi connectivity index (χ1) is 8.33. The topological polar surface area (TPSA) is 58.3 Å². The summed E-state index contributed by atoms with van der Waals surface area (Å²) in [4.78, 5) is 4.93. The number of hydrogen-bond acceptors (Lipinski definition) is 5. The lowest BCUT2D eigenvalue weighted by Crippen LogP contribution is -2.35. The molecule has 0 spiro atoms. The number of nitrogens with zero attached hydrogens (tertiary/aromatic N) is 4. The van der Waals surface area contributed by atoms with E-state index in [4.69, 9.17) is 5.73 Å². The van der Waals surface area contributed by atoms with Gasteiger partial charge in [-0.25, -0.2) is 0 Å². The largest absolute Gasteiger partial charge is 0.382 e. The van der Waals surface area contributed by atoms with Crippen molar-refractivity contribution in [2.75, 3.05) is 36.8 Å². The third kappa shape index (κ3) is 2.20. The molecular formula is C12H19N5. The second kappa shape index (κ2) is 4.49. The Hall–Kier alpha value is -1.36. The zero-order chi connectivity index (χ0) is 11.7. The summed E-state index contributed by atoms with van der Waals surface area (Å²) >= 11 is 0. The summed E-state index contributed by atoms with van der Waals surface area (Å²) < 4.78 is 0. The molecule has 2 aliphatic rings. The van der Waals surface area contributed by atoms with E-state index >= 15 is 0 Å². The molecule has 2 saturated heterocycles. The van der Waals surface area contributed by atoms with Gasteiger partial charge in [0, 0.05) is 19.1 Å². The average molecular weight is 233 g/mol. The lowest BCUT2D eigenvalue weighted by atomic mass is 10.2. The Bertz CT molecular complexity index is 371. The van der Waals surface area contributed by atoms with Gasteiger partial charge in [-0.15, -0.1) is 10.2 Å². The second-order valence-corrected chi connectivity index (χ2v) is 4.95. The van der Waals surface area contributed by atoms with Crippen LogP contribution in [0.3, 0.4) is 0 Å². The van der Waals surface area contributed by atoms with Gasteiger partial charge in [0.1, 0.15) is 5.82 Å². The van der Waals surface area contributed by atoms with Crippen molar-refractivity contribution in [1.82, 2.24) is 15.1 Å². The number of hydrogen-bond donors (Lipinski definition) is 1. The molecule has 0 bridgehead atoms. The number of likely N-dealkylation sites (tertiary alicyclic amines) is 1. The molecule has 3 rings (SSSR count). The highest BCUT2D eigenvalue weighted by atomic mass is 15.3. The molecule has 0 aliphatic carbocycles. The Morgan fingerprint density at radius 2 is 1.94 bits per heavy atom. The molecule has 1 aromatic rings. The first-order valence-corrected chi connectivity index (χ1v) is 6.41. The summed E-state index contributed by atoms with van der Waals surface area (Å²) in [5.41, 5.74) is 5.55. The molecule has 2 aliphatic heterocycles. The molecule has 0 saturated carbocycles. The molecule has 2 N–H and O–H groups in total. The molecule has 17 heavy (non-hydrogen) atoms.